The summed E-state index contributed by atoms with van der Waals surface area (Å²) < 4.78 is 110. The Labute approximate surface area is 473 Å². The number of nitrogens with zero attached hydrogens (tertiary/aromatic N) is 5. The quantitative estimate of drug-likeness (QED) is 0.0906. The van der Waals surface area contributed by atoms with Crippen LogP contribution in [0.5, 0.6) is 0 Å². The minimum Gasteiger partial charge on any atom is -0.444 e. The van der Waals surface area contributed by atoms with Gasteiger partial charge in [0.15, 0.2) is 0 Å². The number of anilines is 2. The lowest BCUT2D eigenvalue weighted by Crippen LogP contribution is -2.52. The summed E-state index contributed by atoms with van der Waals surface area (Å²) in [5.41, 5.74) is -1.95. The van der Waals surface area contributed by atoms with E-state index in [4.69, 9.17) is 21.1 Å². The van der Waals surface area contributed by atoms with Gasteiger partial charge < -0.3 is 24.6 Å². The Morgan fingerprint density at radius 3 is 2.16 bits per heavy atom. The summed E-state index contributed by atoms with van der Waals surface area (Å²) in [6, 6.07) is 25.7. The van der Waals surface area contributed by atoms with Crippen molar-refractivity contribution in [2.45, 2.75) is 98.2 Å². The lowest BCUT2D eigenvalue weighted by molar-refractivity contribution is -0.0436. The van der Waals surface area contributed by atoms with Gasteiger partial charge in [-0.05, 0) is 137 Å². The Kier molecular flexibility index (Phi) is 19.4. The Morgan fingerprint density at radius 2 is 1.52 bits per heavy atom. The van der Waals surface area contributed by atoms with Crippen molar-refractivity contribution < 1.29 is 49.1 Å². The van der Waals surface area contributed by atoms with Gasteiger partial charge in [-0.1, -0.05) is 54.4 Å². The molecule has 0 bridgehead atoms. The third kappa shape index (κ3) is 16.2. The van der Waals surface area contributed by atoms with Crippen LogP contribution in [0.4, 0.5) is 29.3 Å². The van der Waals surface area contributed by atoms with E-state index >= 15 is 0 Å². The summed E-state index contributed by atoms with van der Waals surface area (Å²) in [5.74, 6) is -0.686. The molecule has 15 nitrogen and oxygen atoms in total. The number of halogens is 4. The molecular formula is C57H73ClF3N7O8S3. The van der Waals surface area contributed by atoms with Gasteiger partial charge in [-0.15, -0.1) is 11.8 Å². The van der Waals surface area contributed by atoms with Crippen LogP contribution < -0.4 is 14.9 Å². The topological polar surface area (TPSA) is 161 Å². The van der Waals surface area contributed by atoms with Crippen molar-refractivity contribution in [1.82, 2.24) is 24.3 Å². The molecule has 4 aromatic carbocycles. The van der Waals surface area contributed by atoms with Crippen molar-refractivity contribution in [2.24, 2.45) is 5.41 Å². The largest absolute Gasteiger partial charge is 0.501 e. The van der Waals surface area contributed by atoms with E-state index in [1.165, 1.54) is 40.6 Å². The molecular weight excluding hydrogens is 1100 g/mol. The number of thioether (sulfide) groups is 1. The number of sulfone groups is 1. The number of hydrogen-bond acceptors (Lipinski definition) is 14. The zero-order chi connectivity index (χ0) is 56.8. The number of carbonyl (C=O) groups is 2. The van der Waals surface area contributed by atoms with Crippen molar-refractivity contribution in [2.75, 3.05) is 108 Å². The van der Waals surface area contributed by atoms with Gasteiger partial charge >= 0.3 is 11.6 Å². The second-order valence-electron chi connectivity index (χ2n) is 22.4. The number of carbonyl (C=O) groups excluding carboxylic acids is 2. The van der Waals surface area contributed by atoms with Gasteiger partial charge in [-0.2, -0.15) is 13.2 Å². The second-order valence-corrected chi connectivity index (χ2v) is 27.5. The molecule has 4 aromatic rings. The van der Waals surface area contributed by atoms with E-state index < -0.39 is 58.4 Å². The number of benzene rings is 4. The fraction of sp³-hybridized carbons (Fsp3) is 0.509. The van der Waals surface area contributed by atoms with Crippen LogP contribution in [0.25, 0.3) is 5.57 Å². The number of rotatable bonds is 18. The zero-order valence-corrected chi connectivity index (χ0v) is 48.8. The van der Waals surface area contributed by atoms with Crippen LogP contribution in [-0.4, -0.2) is 169 Å². The smallest absolute Gasteiger partial charge is 0.444 e. The summed E-state index contributed by atoms with van der Waals surface area (Å²) in [6.45, 7) is 19.8. The molecule has 3 heterocycles. The molecule has 430 valence electrons. The molecule has 3 atom stereocenters. The highest BCUT2D eigenvalue weighted by atomic mass is 35.5. The number of hydrogen-bond donors (Lipinski definition) is 2. The van der Waals surface area contributed by atoms with Crippen molar-refractivity contribution in [3.63, 3.8) is 0 Å². The average Bonchev–Trinajstić information content (AvgIpc) is 3.45. The Balaban J connectivity index is 0.902. The predicted octanol–water partition coefficient (Wildman–Crippen LogP) is 9.75. The van der Waals surface area contributed by atoms with Crippen molar-refractivity contribution in [3.05, 3.63) is 119 Å². The third-order valence-corrected chi connectivity index (χ3v) is 19.2. The molecule has 2 N–H and O–H groups in total. The van der Waals surface area contributed by atoms with E-state index in [0.717, 1.165) is 81.2 Å². The molecule has 2 amide bonds. The number of alkyl halides is 3. The molecule has 1 aliphatic carbocycles. The van der Waals surface area contributed by atoms with Crippen molar-refractivity contribution >= 4 is 72.2 Å². The van der Waals surface area contributed by atoms with Crippen LogP contribution in [0.1, 0.15) is 76.2 Å². The number of nitrogens with one attached hydrogen (secondary N) is 2. The Morgan fingerprint density at radius 1 is 0.848 bits per heavy atom. The van der Waals surface area contributed by atoms with Gasteiger partial charge in [0.25, 0.3) is 25.8 Å². The molecule has 0 spiro atoms. The number of sulfonamides is 1. The van der Waals surface area contributed by atoms with Crippen LogP contribution in [0.3, 0.4) is 0 Å². The van der Waals surface area contributed by atoms with Gasteiger partial charge in [-0.3, -0.25) is 19.5 Å². The highest BCUT2D eigenvalue weighted by molar-refractivity contribution is 7.99. The Bertz CT molecular complexity index is 3010. The van der Waals surface area contributed by atoms with Crippen molar-refractivity contribution in [1.29, 1.82) is 0 Å². The van der Waals surface area contributed by atoms with Crippen LogP contribution in [0.2, 0.25) is 5.02 Å². The lowest BCUT2D eigenvalue weighted by atomic mass is 9.71. The molecule has 3 aliphatic heterocycles. The fourth-order valence-corrected chi connectivity index (χ4v) is 13.9. The van der Waals surface area contributed by atoms with Gasteiger partial charge in [0.1, 0.15) is 10.5 Å². The number of piperazine rings is 2. The summed E-state index contributed by atoms with van der Waals surface area (Å²) in [6.07, 6.45) is 3.04. The van der Waals surface area contributed by atoms with Crippen LogP contribution in [0.15, 0.2) is 117 Å². The van der Waals surface area contributed by atoms with E-state index in [1.54, 1.807) is 17.0 Å². The van der Waals surface area contributed by atoms with E-state index in [-0.39, 0.29) is 23.2 Å². The molecule has 8 rings (SSSR count). The van der Waals surface area contributed by atoms with Crippen LogP contribution in [0, 0.1) is 5.41 Å². The third-order valence-electron chi connectivity index (χ3n) is 14.9. The standard InChI is InChI=1S/C57H73ClF3N7O8S3/c1-41-37-64(33-34-75-41)24-22-46(39-77-48-9-7-6-8-10-48)62-51-20-19-49(35-52(51)78(71,72)57(59,60)61)79(73,74)63-53(69)43-13-17-47(18-14-43)67-29-25-65(26-30-67)38-44-36-56(5,23-21-50(44)42-11-15-45(58)16-12-42)40-66-27-31-68(32-28-66)54(70)76-55(2,3)4/h6-20,35,41,46,62H,21-34,36-40H2,1-5H3,(H,63,69)/t41?,46?,56-/m1/s1. The molecule has 2 unspecified atom stereocenters. The Hall–Kier alpha value is -4.87. The molecule has 0 saturated carbocycles. The molecule has 0 aromatic heterocycles. The SMILES string of the molecule is CC1CN(CCC(CSc2ccccc2)Nc2ccc(S(=O)(=O)NC(=O)c3ccc(N4CCN(CC5=C(c6ccc(Cl)cc6)CC[C@@](C)(CN6CCN(C(=O)OC(C)(C)C)CC6)C5)CC4)cc3)cc2S(=O)(=O)C(F)(F)F)CCO1. The monoisotopic (exact) mass is 1170 g/mol. The summed E-state index contributed by atoms with van der Waals surface area (Å²) in [4.78, 5) is 36.2. The normalized spacial score (nSPS) is 20.9. The maximum Gasteiger partial charge on any atom is 0.501 e. The lowest BCUT2D eigenvalue weighted by Gasteiger charge is -2.44. The number of ether oxygens (including phenoxy) is 2. The van der Waals surface area contributed by atoms with E-state index in [9.17, 15) is 39.6 Å². The highest BCUT2D eigenvalue weighted by Gasteiger charge is 2.49. The minimum absolute atomic E-state index is 0.00341. The van der Waals surface area contributed by atoms with Crippen LogP contribution >= 0.6 is 23.4 Å². The molecule has 0 radical (unpaired) electrons. The first-order valence-electron chi connectivity index (χ1n) is 26.9. The van der Waals surface area contributed by atoms with E-state index in [2.05, 4.69) is 44.0 Å². The highest BCUT2D eigenvalue weighted by Crippen LogP contribution is 2.44. The molecule has 79 heavy (non-hydrogen) atoms. The van der Waals surface area contributed by atoms with E-state index in [1.807, 2.05) is 74.9 Å². The molecule has 3 fully saturated rings. The maximum atomic E-state index is 14.3. The zero-order valence-electron chi connectivity index (χ0n) is 45.6. The number of amides is 2. The first-order valence-corrected chi connectivity index (χ1v) is 31.2. The predicted molar refractivity (Wildman–Crippen MR) is 305 cm³/mol. The number of morpholine rings is 1. The maximum absolute atomic E-state index is 14.3. The molecule has 22 heteroatoms. The molecule has 4 aliphatic rings. The summed E-state index contributed by atoms with van der Waals surface area (Å²) >= 11 is 7.77. The van der Waals surface area contributed by atoms with Gasteiger partial charge in [0, 0.05) is 118 Å². The minimum atomic E-state index is -6.09. The second kappa shape index (κ2) is 25.5. The van der Waals surface area contributed by atoms with Gasteiger partial charge in [0.2, 0.25) is 0 Å². The van der Waals surface area contributed by atoms with Gasteiger partial charge in [-0.25, -0.2) is 26.4 Å². The summed E-state index contributed by atoms with van der Waals surface area (Å²) in [7, 11) is -11.0. The first-order chi connectivity index (χ1) is 37.3. The van der Waals surface area contributed by atoms with Gasteiger partial charge in [0.05, 0.1) is 23.3 Å². The number of allylic oxidation sites excluding steroid dienone is 1. The van der Waals surface area contributed by atoms with Crippen molar-refractivity contribution in [3.8, 4) is 0 Å². The molecule has 3 saturated heterocycles. The van der Waals surface area contributed by atoms with E-state index in [0.29, 0.717) is 75.7 Å². The fourth-order valence-electron chi connectivity index (χ4n) is 10.8. The van der Waals surface area contributed by atoms with Crippen LogP contribution in [-0.2, 0) is 29.3 Å². The summed E-state index contributed by atoms with van der Waals surface area (Å²) in [5, 5.41) is 3.70. The first kappa shape index (κ1) is 60.2. The average molecular weight is 1170 g/mol.